The van der Waals surface area contributed by atoms with Gasteiger partial charge in [0.15, 0.2) is 0 Å². The first-order valence-electron chi connectivity index (χ1n) is 12.5. The molecule has 1 aliphatic carbocycles. The summed E-state index contributed by atoms with van der Waals surface area (Å²) < 4.78 is 7.40. The molecule has 35 heavy (non-hydrogen) atoms. The zero-order chi connectivity index (χ0) is 24.6. The van der Waals surface area contributed by atoms with Gasteiger partial charge < -0.3 is 14.6 Å². The monoisotopic (exact) mass is 493 g/mol. The van der Waals surface area contributed by atoms with Crippen molar-refractivity contribution in [2.75, 3.05) is 12.0 Å². The highest BCUT2D eigenvalue weighted by molar-refractivity contribution is 6.30. The predicted molar refractivity (Wildman–Crippen MR) is 139 cm³/mol. The van der Waals surface area contributed by atoms with Crippen molar-refractivity contribution >= 4 is 40.0 Å². The van der Waals surface area contributed by atoms with Gasteiger partial charge in [-0.25, -0.2) is 0 Å². The molecule has 0 radical (unpaired) electrons. The van der Waals surface area contributed by atoms with Gasteiger partial charge in [-0.05, 0) is 62.2 Å². The second kappa shape index (κ2) is 9.57. The van der Waals surface area contributed by atoms with Crippen molar-refractivity contribution in [3.63, 3.8) is 0 Å². The summed E-state index contributed by atoms with van der Waals surface area (Å²) in [5, 5.41) is 4.85. The molecule has 2 aromatic carbocycles. The van der Waals surface area contributed by atoms with Crippen molar-refractivity contribution in [3.8, 4) is 5.75 Å². The van der Waals surface area contributed by atoms with Gasteiger partial charge in [-0.15, -0.1) is 0 Å². The SMILES string of the molecule is COc1ccc2cc3n(c2c1)C[C@@](C)(C(=O)NC1CCCCCCC1)N(c1ccc(Cl)cc1)C3=O. The number of nitrogens with zero attached hydrogens (tertiary/aromatic N) is 2. The summed E-state index contributed by atoms with van der Waals surface area (Å²) in [6.45, 7) is 2.21. The zero-order valence-electron chi connectivity index (χ0n) is 20.4. The molecule has 2 aliphatic rings. The molecule has 2 heterocycles. The number of nitrogens with one attached hydrogen (secondary N) is 1. The van der Waals surface area contributed by atoms with Gasteiger partial charge in [0.2, 0.25) is 5.91 Å². The molecule has 3 aromatic rings. The molecule has 1 aromatic heterocycles. The molecule has 0 saturated heterocycles. The van der Waals surface area contributed by atoms with Gasteiger partial charge in [0.1, 0.15) is 17.0 Å². The molecule has 6 nitrogen and oxygen atoms in total. The van der Waals surface area contributed by atoms with Crippen molar-refractivity contribution in [2.24, 2.45) is 0 Å². The smallest absolute Gasteiger partial charge is 0.275 e. The summed E-state index contributed by atoms with van der Waals surface area (Å²) in [5.74, 6) is 0.387. The second-order valence-corrected chi connectivity index (χ2v) is 10.4. The van der Waals surface area contributed by atoms with Crippen LogP contribution in [-0.4, -0.2) is 35.1 Å². The van der Waals surface area contributed by atoms with E-state index in [-0.39, 0.29) is 17.9 Å². The molecule has 1 fully saturated rings. The molecule has 1 saturated carbocycles. The Balaban J connectivity index is 1.58. The number of amides is 2. The number of fused-ring (bicyclic) bond motifs is 3. The van der Waals surface area contributed by atoms with E-state index in [2.05, 4.69) is 5.32 Å². The Morgan fingerprint density at radius 2 is 1.71 bits per heavy atom. The lowest BCUT2D eigenvalue weighted by molar-refractivity contribution is -0.127. The molecule has 7 heteroatoms. The van der Waals surface area contributed by atoms with Crippen LogP contribution in [0.1, 0.15) is 62.4 Å². The van der Waals surface area contributed by atoms with Crippen LogP contribution in [0.3, 0.4) is 0 Å². The van der Waals surface area contributed by atoms with E-state index < -0.39 is 5.54 Å². The maximum Gasteiger partial charge on any atom is 0.275 e. The Hall–Kier alpha value is -2.99. The average molecular weight is 494 g/mol. The number of halogens is 1. The summed E-state index contributed by atoms with van der Waals surface area (Å²) in [6.07, 6.45) is 7.88. The number of hydrogen-bond donors (Lipinski definition) is 1. The Labute approximate surface area is 211 Å². The Morgan fingerprint density at radius 3 is 2.40 bits per heavy atom. The Kier molecular flexibility index (Phi) is 6.49. The number of methoxy groups -OCH3 is 1. The third-order valence-electron chi connectivity index (χ3n) is 7.51. The first-order valence-corrected chi connectivity index (χ1v) is 12.9. The maximum atomic E-state index is 14.0. The summed E-state index contributed by atoms with van der Waals surface area (Å²) >= 11 is 6.14. The maximum absolute atomic E-state index is 14.0. The first kappa shape index (κ1) is 23.7. The lowest BCUT2D eigenvalue weighted by Gasteiger charge is -2.44. The van der Waals surface area contributed by atoms with Gasteiger partial charge in [-0.2, -0.15) is 0 Å². The molecule has 184 valence electrons. The largest absolute Gasteiger partial charge is 0.497 e. The van der Waals surface area contributed by atoms with Gasteiger partial charge in [0.05, 0.1) is 19.2 Å². The highest BCUT2D eigenvalue weighted by Crippen LogP contribution is 2.37. The molecule has 1 aliphatic heterocycles. The third kappa shape index (κ3) is 4.40. The quantitative estimate of drug-likeness (QED) is 0.488. The van der Waals surface area contributed by atoms with E-state index in [0.717, 1.165) is 36.6 Å². The number of benzene rings is 2. The zero-order valence-corrected chi connectivity index (χ0v) is 21.1. The molecule has 0 bridgehead atoms. The molecule has 5 rings (SSSR count). The minimum Gasteiger partial charge on any atom is -0.497 e. The van der Waals surface area contributed by atoms with E-state index in [0.29, 0.717) is 28.7 Å². The number of aromatic nitrogens is 1. The predicted octanol–water partition coefficient (Wildman–Crippen LogP) is 5.95. The Morgan fingerprint density at radius 1 is 1.03 bits per heavy atom. The van der Waals surface area contributed by atoms with E-state index in [1.54, 1.807) is 24.1 Å². The van der Waals surface area contributed by atoms with Gasteiger partial charge in [0.25, 0.3) is 5.91 Å². The average Bonchev–Trinajstić information content (AvgIpc) is 3.19. The highest BCUT2D eigenvalue weighted by atomic mass is 35.5. The van der Waals surface area contributed by atoms with E-state index in [9.17, 15) is 9.59 Å². The second-order valence-electron chi connectivity index (χ2n) is 9.95. The van der Waals surface area contributed by atoms with Crippen LogP contribution in [-0.2, 0) is 11.3 Å². The Bertz CT molecular complexity index is 1240. The number of rotatable bonds is 4. The molecule has 0 spiro atoms. The fourth-order valence-electron chi connectivity index (χ4n) is 5.53. The number of anilines is 1. The van der Waals surface area contributed by atoms with Gasteiger partial charge in [-0.3, -0.25) is 14.5 Å². The summed E-state index contributed by atoms with van der Waals surface area (Å²) in [7, 11) is 1.63. The van der Waals surface area contributed by atoms with Crippen molar-refractivity contribution in [1.82, 2.24) is 9.88 Å². The minimum absolute atomic E-state index is 0.123. The summed E-state index contributed by atoms with van der Waals surface area (Å²) in [4.78, 5) is 29.6. The van der Waals surface area contributed by atoms with Gasteiger partial charge in [-0.1, -0.05) is 43.7 Å². The number of hydrogen-bond acceptors (Lipinski definition) is 3. The van der Waals surface area contributed by atoms with Crippen molar-refractivity contribution in [3.05, 3.63) is 59.2 Å². The minimum atomic E-state index is -1.12. The summed E-state index contributed by atoms with van der Waals surface area (Å²) in [6, 6.07) is 14.9. The van der Waals surface area contributed by atoms with Gasteiger partial charge >= 0.3 is 0 Å². The molecule has 2 amide bonds. The molecule has 1 atom stereocenters. The normalized spacial score (nSPS) is 21.3. The third-order valence-corrected chi connectivity index (χ3v) is 7.76. The highest BCUT2D eigenvalue weighted by Gasteiger charge is 2.49. The number of ether oxygens (including phenoxy) is 1. The van der Waals surface area contributed by atoms with E-state index in [1.165, 1.54) is 19.3 Å². The van der Waals surface area contributed by atoms with Crippen LogP contribution in [0.5, 0.6) is 5.75 Å². The van der Waals surface area contributed by atoms with Crippen LogP contribution in [0.2, 0.25) is 5.02 Å². The fourth-order valence-corrected chi connectivity index (χ4v) is 5.66. The molecular weight excluding hydrogens is 462 g/mol. The van der Waals surface area contributed by atoms with Gasteiger partial charge in [0, 0.05) is 28.2 Å². The van der Waals surface area contributed by atoms with Crippen LogP contribution in [0.4, 0.5) is 5.69 Å². The van der Waals surface area contributed by atoms with E-state index in [4.69, 9.17) is 16.3 Å². The van der Waals surface area contributed by atoms with Crippen LogP contribution in [0.15, 0.2) is 48.5 Å². The topological polar surface area (TPSA) is 63.6 Å². The van der Waals surface area contributed by atoms with Crippen molar-refractivity contribution in [1.29, 1.82) is 0 Å². The lowest BCUT2D eigenvalue weighted by atomic mass is 9.91. The fraction of sp³-hybridized carbons (Fsp3) is 0.429. The number of carbonyl (C=O) groups excluding carboxylic acids is 2. The van der Waals surface area contributed by atoms with Crippen LogP contribution >= 0.6 is 11.6 Å². The van der Waals surface area contributed by atoms with E-state index in [1.807, 2.05) is 47.9 Å². The van der Waals surface area contributed by atoms with Crippen LogP contribution < -0.4 is 15.0 Å². The van der Waals surface area contributed by atoms with Crippen LogP contribution in [0, 0.1) is 0 Å². The van der Waals surface area contributed by atoms with Crippen molar-refractivity contribution < 1.29 is 14.3 Å². The summed E-state index contributed by atoms with van der Waals surface area (Å²) in [5.41, 5.74) is 0.978. The molecule has 1 N–H and O–H groups in total. The van der Waals surface area contributed by atoms with E-state index >= 15 is 0 Å². The van der Waals surface area contributed by atoms with Crippen molar-refractivity contribution in [2.45, 2.75) is 70.0 Å². The standard InChI is InChI=1S/C28H32ClN3O3/c1-28(27(34)30-21-8-6-4-3-5-7-9-21)18-31-24-17-23(35-2)15-10-19(24)16-25(31)26(33)32(28)22-13-11-20(29)12-14-22/h10-17,21H,3-9,18H2,1-2H3,(H,30,34)/t28-/m0/s1. The molecule has 0 unspecified atom stereocenters. The van der Waals surface area contributed by atoms with Crippen LogP contribution in [0.25, 0.3) is 10.9 Å². The first-order chi connectivity index (χ1) is 16.9. The molecular formula is C28H32ClN3O3. The number of carbonyl (C=O) groups is 2. The lowest BCUT2D eigenvalue weighted by Crippen LogP contribution is -2.65.